The zero-order chi connectivity index (χ0) is 11.6. The van der Waals surface area contributed by atoms with Crippen LogP contribution in [0.2, 0.25) is 0 Å². The van der Waals surface area contributed by atoms with Gasteiger partial charge in [-0.1, -0.05) is 30.3 Å². The third-order valence-corrected chi connectivity index (χ3v) is 3.90. The Labute approximate surface area is 106 Å². The fourth-order valence-electron chi connectivity index (χ4n) is 2.42. The van der Waals surface area contributed by atoms with Crippen molar-refractivity contribution < 1.29 is 13.1 Å². The Balaban J connectivity index is 1.44. The molecule has 2 aliphatic rings. The van der Waals surface area contributed by atoms with Crippen molar-refractivity contribution in [3.63, 3.8) is 0 Å². The highest BCUT2D eigenvalue weighted by Gasteiger charge is 2.47. The lowest BCUT2D eigenvalue weighted by Gasteiger charge is -2.47. The highest BCUT2D eigenvalue weighted by Crippen LogP contribution is 2.47. The fraction of sp³-hybridized carbons (Fsp3) is 0.538. The van der Waals surface area contributed by atoms with Gasteiger partial charge < -0.3 is 4.74 Å². The molecule has 1 aliphatic carbocycles. The van der Waals surface area contributed by atoms with Crippen molar-refractivity contribution >= 4 is 12.3 Å². The summed E-state index contributed by atoms with van der Waals surface area (Å²) < 4.78 is 16.4. The van der Waals surface area contributed by atoms with Crippen molar-refractivity contribution in [3.05, 3.63) is 35.9 Å². The average Bonchev–Trinajstić information content (AvgIpc) is 2.36. The van der Waals surface area contributed by atoms with Crippen molar-refractivity contribution in [3.8, 4) is 0 Å². The molecule has 1 aromatic rings. The smallest absolute Gasteiger partial charge is 0.158 e. The molecule has 0 aromatic heterocycles. The van der Waals surface area contributed by atoms with Gasteiger partial charge in [-0.25, -0.2) is 0 Å². The molecule has 3 rings (SSSR count). The van der Waals surface area contributed by atoms with Crippen LogP contribution in [0.15, 0.2) is 30.3 Å². The van der Waals surface area contributed by atoms with E-state index in [0.29, 0.717) is 12.7 Å². The molecule has 0 radical (unpaired) electrons. The first kappa shape index (κ1) is 11.5. The molecular formula is C13H16O3S. The van der Waals surface area contributed by atoms with Gasteiger partial charge in [-0.15, -0.1) is 0 Å². The summed E-state index contributed by atoms with van der Waals surface area (Å²) in [4.78, 5) is 0. The van der Waals surface area contributed by atoms with Crippen molar-refractivity contribution in [1.82, 2.24) is 0 Å². The van der Waals surface area contributed by atoms with Gasteiger partial charge in [0.15, 0.2) is 12.3 Å². The maximum Gasteiger partial charge on any atom is 0.158 e. The Morgan fingerprint density at radius 3 is 2.59 bits per heavy atom. The normalized spacial score (nSPS) is 23.5. The van der Waals surface area contributed by atoms with Gasteiger partial charge in [-0.3, -0.25) is 8.37 Å². The van der Waals surface area contributed by atoms with Crippen LogP contribution in [0.4, 0.5) is 0 Å². The Morgan fingerprint density at radius 1 is 1.18 bits per heavy atom. The van der Waals surface area contributed by atoms with Crippen molar-refractivity contribution in [2.45, 2.75) is 25.6 Å². The molecule has 1 heterocycles. The zero-order valence-electron chi connectivity index (χ0n) is 9.63. The van der Waals surface area contributed by atoms with Crippen LogP contribution < -0.4 is 0 Å². The number of benzene rings is 1. The Kier molecular flexibility index (Phi) is 3.38. The maximum absolute atomic E-state index is 5.87. The third kappa shape index (κ3) is 2.65. The predicted molar refractivity (Wildman–Crippen MR) is 66.2 cm³/mol. The third-order valence-electron chi connectivity index (χ3n) is 3.48. The van der Waals surface area contributed by atoms with Gasteiger partial charge >= 0.3 is 0 Å². The second kappa shape index (κ2) is 4.98. The lowest BCUT2D eigenvalue weighted by Crippen LogP contribution is -2.49. The van der Waals surface area contributed by atoms with E-state index in [1.165, 1.54) is 5.56 Å². The van der Waals surface area contributed by atoms with E-state index in [0.717, 1.165) is 38.4 Å². The van der Waals surface area contributed by atoms with Crippen molar-refractivity contribution in [1.29, 1.82) is 0 Å². The molecule has 1 saturated heterocycles. The van der Waals surface area contributed by atoms with E-state index in [-0.39, 0.29) is 5.41 Å². The predicted octanol–water partition coefficient (Wildman–Crippen LogP) is 2.96. The maximum atomic E-state index is 5.87. The van der Waals surface area contributed by atoms with Gasteiger partial charge in [0.1, 0.15) is 0 Å². The van der Waals surface area contributed by atoms with Crippen LogP contribution in [0.1, 0.15) is 18.4 Å². The van der Waals surface area contributed by atoms with Crippen LogP contribution in [-0.2, 0) is 19.7 Å². The lowest BCUT2D eigenvalue weighted by atomic mass is 9.68. The Bertz CT molecular complexity index is 354. The Hall–Kier alpha value is -0.550. The Morgan fingerprint density at radius 2 is 1.88 bits per heavy atom. The summed E-state index contributed by atoms with van der Waals surface area (Å²) in [6, 6.07) is 10.3. The van der Waals surface area contributed by atoms with E-state index >= 15 is 0 Å². The highest BCUT2D eigenvalue weighted by atomic mass is 32.2. The van der Waals surface area contributed by atoms with Crippen molar-refractivity contribution in [2.75, 3.05) is 13.2 Å². The molecule has 1 aliphatic heterocycles. The molecular weight excluding hydrogens is 236 g/mol. The SMILES string of the molecule is c1ccc(COC2CC3(COSOC3)C2)cc1. The van der Waals surface area contributed by atoms with Crippen LogP contribution in [0.3, 0.4) is 0 Å². The minimum absolute atomic E-state index is 0.229. The molecule has 3 nitrogen and oxygen atoms in total. The monoisotopic (exact) mass is 252 g/mol. The molecule has 4 heteroatoms. The first-order valence-electron chi connectivity index (χ1n) is 5.93. The molecule has 0 amide bonds. The minimum Gasteiger partial charge on any atom is -0.373 e. The summed E-state index contributed by atoms with van der Waals surface area (Å²) in [5.41, 5.74) is 1.47. The van der Waals surface area contributed by atoms with Gasteiger partial charge in [0.2, 0.25) is 0 Å². The quantitative estimate of drug-likeness (QED) is 0.773. The number of hydrogen-bond donors (Lipinski definition) is 0. The van der Waals surface area contributed by atoms with Crippen LogP contribution in [0.25, 0.3) is 0 Å². The summed E-state index contributed by atoms with van der Waals surface area (Å²) in [6.07, 6.45) is 2.48. The molecule has 0 bridgehead atoms. The summed E-state index contributed by atoms with van der Waals surface area (Å²) >= 11 is 1.12. The molecule has 1 spiro atoms. The van der Waals surface area contributed by atoms with E-state index < -0.39 is 0 Å². The molecule has 0 N–H and O–H groups in total. The molecule has 17 heavy (non-hydrogen) atoms. The van der Waals surface area contributed by atoms with Gasteiger partial charge in [0, 0.05) is 5.41 Å². The second-order valence-electron chi connectivity index (χ2n) is 4.92. The largest absolute Gasteiger partial charge is 0.373 e. The summed E-state index contributed by atoms with van der Waals surface area (Å²) in [5, 5.41) is 0. The van der Waals surface area contributed by atoms with Crippen molar-refractivity contribution in [2.24, 2.45) is 5.41 Å². The molecule has 0 atom stereocenters. The number of hydrogen-bond acceptors (Lipinski definition) is 4. The van der Waals surface area contributed by atoms with Crippen LogP contribution in [-0.4, -0.2) is 19.3 Å². The van der Waals surface area contributed by atoms with Crippen LogP contribution in [0, 0.1) is 5.41 Å². The number of ether oxygens (including phenoxy) is 1. The first-order valence-corrected chi connectivity index (χ1v) is 6.60. The van der Waals surface area contributed by atoms with Crippen LogP contribution in [0.5, 0.6) is 0 Å². The van der Waals surface area contributed by atoms with E-state index in [2.05, 4.69) is 12.1 Å². The lowest BCUT2D eigenvalue weighted by molar-refractivity contribution is -0.127. The van der Waals surface area contributed by atoms with E-state index in [4.69, 9.17) is 13.1 Å². The number of rotatable bonds is 3. The highest BCUT2D eigenvalue weighted by molar-refractivity contribution is 7.89. The topological polar surface area (TPSA) is 27.7 Å². The van der Waals surface area contributed by atoms with E-state index in [1.54, 1.807) is 0 Å². The standard InChI is InChI=1S/C13H16O3S/c1-2-4-11(5-3-1)8-14-12-6-13(7-12)9-15-17-16-10-13/h1-5,12H,6-10H2. The minimum atomic E-state index is 0.229. The van der Waals surface area contributed by atoms with Gasteiger partial charge in [-0.05, 0) is 18.4 Å². The first-order chi connectivity index (χ1) is 8.36. The molecule has 0 unspecified atom stereocenters. The molecule has 1 saturated carbocycles. The molecule has 2 fully saturated rings. The summed E-state index contributed by atoms with van der Waals surface area (Å²) in [6.45, 7) is 2.30. The molecule has 92 valence electrons. The van der Waals surface area contributed by atoms with Crippen LogP contribution >= 0.6 is 12.3 Å². The molecule has 1 aromatic carbocycles. The summed E-state index contributed by atoms with van der Waals surface area (Å²) in [5.74, 6) is 0. The summed E-state index contributed by atoms with van der Waals surface area (Å²) in [7, 11) is 0. The average molecular weight is 252 g/mol. The van der Waals surface area contributed by atoms with Gasteiger partial charge in [0.25, 0.3) is 0 Å². The van der Waals surface area contributed by atoms with E-state index in [1.807, 2.05) is 18.2 Å². The zero-order valence-corrected chi connectivity index (χ0v) is 10.4. The van der Waals surface area contributed by atoms with E-state index in [9.17, 15) is 0 Å². The van der Waals surface area contributed by atoms with Gasteiger partial charge in [0.05, 0.1) is 25.9 Å². The second-order valence-corrected chi connectivity index (χ2v) is 5.53. The van der Waals surface area contributed by atoms with Gasteiger partial charge in [-0.2, -0.15) is 0 Å². The fourth-order valence-corrected chi connectivity index (χ4v) is 3.09.